The van der Waals surface area contributed by atoms with Crippen LogP contribution in [0.25, 0.3) is 0 Å². The van der Waals surface area contributed by atoms with E-state index in [0.29, 0.717) is 0 Å². The largest absolute Gasteiger partial charge is 0.378 e. The van der Waals surface area contributed by atoms with Crippen LogP contribution in [0.3, 0.4) is 0 Å². The van der Waals surface area contributed by atoms with Crippen LogP contribution < -0.4 is 0 Å². The van der Waals surface area contributed by atoms with Crippen LogP contribution in [-0.4, -0.2) is 29.0 Å². The van der Waals surface area contributed by atoms with Gasteiger partial charge in [-0.05, 0) is 19.3 Å². The summed E-state index contributed by atoms with van der Waals surface area (Å²) in [6.07, 6.45) is -4.88. The van der Waals surface area contributed by atoms with Gasteiger partial charge in [-0.1, -0.05) is 13.3 Å². The summed E-state index contributed by atoms with van der Waals surface area (Å²) in [7, 11) is 0. The van der Waals surface area contributed by atoms with Crippen LogP contribution in [0.5, 0.6) is 0 Å². The molecule has 3 unspecified atom stereocenters. The number of hydrogen-bond acceptors (Lipinski definition) is 1. The molecule has 0 aromatic rings. The van der Waals surface area contributed by atoms with Crippen LogP contribution in [0.15, 0.2) is 0 Å². The van der Waals surface area contributed by atoms with Crippen molar-refractivity contribution in [3.63, 3.8) is 0 Å². The molecule has 0 saturated heterocycles. The maximum Gasteiger partial charge on any atom is 0.290 e. The van der Waals surface area contributed by atoms with Gasteiger partial charge in [0.25, 0.3) is 18.3 Å². The number of hydrogen-bond donors (Lipinski definition) is 1. The maximum atomic E-state index is 13.6. The maximum absolute atomic E-state index is 13.6. The highest BCUT2D eigenvalue weighted by Crippen LogP contribution is 2.58. The Morgan fingerprint density at radius 3 is 2.06 bits per heavy atom. The highest BCUT2D eigenvalue weighted by Gasteiger charge is 2.74. The van der Waals surface area contributed by atoms with Crippen molar-refractivity contribution in [2.24, 2.45) is 11.8 Å². The van der Waals surface area contributed by atoms with E-state index in [9.17, 15) is 31.4 Å². The lowest BCUT2D eigenvalue weighted by atomic mass is 9.86. The Balaban J connectivity index is 3.22. The minimum absolute atomic E-state index is 0.112. The van der Waals surface area contributed by atoms with Gasteiger partial charge in [-0.25, -0.2) is 26.3 Å². The zero-order valence-corrected chi connectivity index (χ0v) is 9.36. The molecule has 1 rings (SSSR count). The zero-order valence-electron chi connectivity index (χ0n) is 9.36. The molecule has 7 heteroatoms. The quantitative estimate of drug-likeness (QED) is 0.775. The van der Waals surface area contributed by atoms with Gasteiger partial charge < -0.3 is 5.11 Å². The summed E-state index contributed by atoms with van der Waals surface area (Å²) in [6, 6.07) is 0. The summed E-state index contributed by atoms with van der Waals surface area (Å²) in [5.41, 5.74) is -3.65. The van der Waals surface area contributed by atoms with Crippen LogP contribution in [0, 0.1) is 11.8 Å². The summed E-state index contributed by atoms with van der Waals surface area (Å²) in [6.45, 7) is 1.63. The molecule has 0 aliphatic heterocycles. The molecule has 17 heavy (non-hydrogen) atoms. The van der Waals surface area contributed by atoms with Crippen molar-refractivity contribution in [3.8, 4) is 0 Å². The number of alkyl halides is 6. The van der Waals surface area contributed by atoms with Crippen LogP contribution >= 0.6 is 0 Å². The van der Waals surface area contributed by atoms with Gasteiger partial charge in [-0.2, -0.15) is 0 Å². The number of rotatable bonds is 3. The summed E-state index contributed by atoms with van der Waals surface area (Å²) in [4.78, 5) is 0. The van der Waals surface area contributed by atoms with E-state index in [1.165, 1.54) is 6.92 Å². The van der Waals surface area contributed by atoms with Crippen molar-refractivity contribution in [1.82, 2.24) is 0 Å². The minimum Gasteiger partial charge on any atom is -0.378 e. The molecule has 1 fully saturated rings. The first-order valence-corrected chi connectivity index (χ1v) is 5.24. The van der Waals surface area contributed by atoms with Crippen LogP contribution in [0.1, 0.15) is 26.7 Å². The summed E-state index contributed by atoms with van der Waals surface area (Å²) in [5, 5.41) is 9.30. The van der Waals surface area contributed by atoms with Gasteiger partial charge in [0.05, 0.1) is 5.92 Å². The lowest BCUT2D eigenvalue weighted by molar-refractivity contribution is -0.258. The summed E-state index contributed by atoms with van der Waals surface area (Å²) >= 11 is 0. The Labute approximate surface area is 94.8 Å². The molecule has 0 spiro atoms. The molecule has 0 radical (unpaired) electrons. The van der Waals surface area contributed by atoms with Gasteiger partial charge in [-0.15, -0.1) is 0 Å². The Kier molecular flexibility index (Phi) is 3.46. The predicted molar refractivity (Wildman–Crippen MR) is 48.4 cm³/mol. The van der Waals surface area contributed by atoms with Crippen molar-refractivity contribution in [3.05, 3.63) is 0 Å². The normalized spacial score (nSPS) is 37.8. The van der Waals surface area contributed by atoms with Gasteiger partial charge >= 0.3 is 0 Å². The second-order valence-electron chi connectivity index (χ2n) is 4.65. The molecule has 1 nitrogen and oxygen atoms in total. The lowest BCUT2D eigenvalue weighted by Crippen LogP contribution is -2.55. The monoisotopic (exact) mass is 264 g/mol. The van der Waals surface area contributed by atoms with E-state index in [2.05, 4.69) is 0 Å². The smallest absolute Gasteiger partial charge is 0.290 e. The highest BCUT2D eigenvalue weighted by molar-refractivity contribution is 5.11. The first-order valence-electron chi connectivity index (χ1n) is 5.24. The Bertz CT molecular complexity index is 287. The molecule has 0 amide bonds. The van der Waals surface area contributed by atoms with Gasteiger partial charge in [0.2, 0.25) is 0 Å². The first-order chi connectivity index (χ1) is 7.48. The second kappa shape index (κ2) is 4.03. The van der Waals surface area contributed by atoms with E-state index >= 15 is 0 Å². The molecule has 3 atom stereocenters. The lowest BCUT2D eigenvalue weighted by Gasteiger charge is -2.34. The fourth-order valence-electron chi connectivity index (χ4n) is 2.57. The van der Waals surface area contributed by atoms with Crippen molar-refractivity contribution in [1.29, 1.82) is 0 Å². The molecule has 1 aliphatic rings. The Hall–Kier alpha value is -0.460. The van der Waals surface area contributed by atoms with E-state index in [1.807, 2.05) is 0 Å². The van der Waals surface area contributed by atoms with E-state index < -0.39 is 42.1 Å². The molecule has 1 N–H and O–H groups in total. The van der Waals surface area contributed by atoms with Crippen LogP contribution in [0.4, 0.5) is 26.3 Å². The van der Waals surface area contributed by atoms with Crippen molar-refractivity contribution in [2.45, 2.75) is 50.6 Å². The average Bonchev–Trinajstić information content (AvgIpc) is 2.34. The standard InChI is InChI=1S/C10H14F6O/c1-3-5-4-9(17,7(11)12)10(15,16)6(5)8(2,13)14/h5-7,17H,3-4H2,1-2H3. The van der Waals surface area contributed by atoms with Crippen molar-refractivity contribution in [2.75, 3.05) is 0 Å². The topological polar surface area (TPSA) is 20.2 Å². The van der Waals surface area contributed by atoms with E-state index in [-0.39, 0.29) is 13.3 Å². The van der Waals surface area contributed by atoms with Crippen molar-refractivity contribution < 1.29 is 31.4 Å². The van der Waals surface area contributed by atoms with Gasteiger partial charge in [0.15, 0.2) is 5.60 Å². The average molecular weight is 264 g/mol. The second-order valence-corrected chi connectivity index (χ2v) is 4.65. The van der Waals surface area contributed by atoms with Gasteiger partial charge in [0.1, 0.15) is 0 Å². The molecule has 0 bridgehead atoms. The molecule has 1 aliphatic carbocycles. The van der Waals surface area contributed by atoms with Crippen LogP contribution in [-0.2, 0) is 0 Å². The molecule has 0 heterocycles. The molecule has 0 aromatic heterocycles. The van der Waals surface area contributed by atoms with E-state index in [4.69, 9.17) is 0 Å². The van der Waals surface area contributed by atoms with Crippen molar-refractivity contribution >= 4 is 0 Å². The third-order valence-corrected chi connectivity index (χ3v) is 3.44. The molecule has 102 valence electrons. The highest BCUT2D eigenvalue weighted by atomic mass is 19.3. The van der Waals surface area contributed by atoms with E-state index in [1.54, 1.807) is 0 Å². The molecule has 0 aromatic carbocycles. The fourth-order valence-corrected chi connectivity index (χ4v) is 2.57. The summed E-state index contributed by atoms with van der Waals surface area (Å²) < 4.78 is 78.6. The number of halogens is 6. The third-order valence-electron chi connectivity index (χ3n) is 3.44. The first kappa shape index (κ1) is 14.6. The van der Waals surface area contributed by atoms with Crippen LogP contribution in [0.2, 0.25) is 0 Å². The van der Waals surface area contributed by atoms with Gasteiger partial charge in [0, 0.05) is 0 Å². The van der Waals surface area contributed by atoms with Gasteiger partial charge in [-0.3, -0.25) is 0 Å². The Morgan fingerprint density at radius 2 is 1.82 bits per heavy atom. The zero-order chi connectivity index (χ0) is 13.6. The fraction of sp³-hybridized carbons (Fsp3) is 1.00. The predicted octanol–water partition coefficient (Wildman–Crippen LogP) is 3.32. The SMILES string of the molecule is CCC1CC(O)(C(F)F)C(F)(F)C1C(C)(F)F. The Morgan fingerprint density at radius 1 is 1.35 bits per heavy atom. The molecular formula is C10H14F6O. The minimum atomic E-state index is -4.50. The molecular weight excluding hydrogens is 250 g/mol. The molecule has 1 saturated carbocycles. The van der Waals surface area contributed by atoms with E-state index in [0.717, 1.165) is 0 Å². The number of aliphatic hydroxyl groups is 1. The third kappa shape index (κ3) is 2.02. The summed E-state index contributed by atoms with van der Waals surface area (Å²) in [5.74, 6) is -12.2.